The molecule has 1 aliphatic heterocycles. The van der Waals surface area contributed by atoms with E-state index < -0.39 is 12.3 Å². The number of hydrazone groups is 1. The fourth-order valence-corrected chi connectivity index (χ4v) is 5.12. The molecule has 0 spiro atoms. The van der Waals surface area contributed by atoms with Crippen LogP contribution < -0.4 is 15.6 Å². The number of amides is 2. The lowest BCUT2D eigenvalue weighted by Gasteiger charge is -2.26. The molecule has 3 aromatic rings. The summed E-state index contributed by atoms with van der Waals surface area (Å²) < 4.78 is 46.2. The summed E-state index contributed by atoms with van der Waals surface area (Å²) in [5.41, 5.74) is 6.34. The van der Waals surface area contributed by atoms with E-state index in [4.69, 9.17) is 4.74 Å². The third kappa shape index (κ3) is 6.85. The maximum atomic E-state index is 12.5. The third-order valence-corrected chi connectivity index (χ3v) is 7.26. The molecule has 4 rings (SSSR count). The van der Waals surface area contributed by atoms with E-state index >= 15 is 0 Å². The largest absolute Gasteiger partial charge is 0.573 e. The van der Waals surface area contributed by atoms with Gasteiger partial charge in [-0.25, -0.2) is 10.4 Å². The highest BCUT2D eigenvalue weighted by Crippen LogP contribution is 2.39. The van der Waals surface area contributed by atoms with Gasteiger partial charge in [0.1, 0.15) is 11.5 Å². The molecule has 0 atom stereocenters. The smallest absolute Gasteiger partial charge is 0.506 e. The summed E-state index contributed by atoms with van der Waals surface area (Å²) in [5, 5.41) is 18.1. The van der Waals surface area contributed by atoms with Crippen molar-refractivity contribution in [2.75, 3.05) is 26.3 Å². The molecule has 37 heavy (non-hydrogen) atoms. The maximum Gasteiger partial charge on any atom is 0.573 e. The van der Waals surface area contributed by atoms with Gasteiger partial charge in [-0.2, -0.15) is 5.10 Å². The van der Waals surface area contributed by atoms with E-state index in [1.54, 1.807) is 23.4 Å². The molecule has 1 fully saturated rings. The summed E-state index contributed by atoms with van der Waals surface area (Å²) >= 11 is 2.18. The highest BCUT2D eigenvalue weighted by molar-refractivity contribution is 7.16. The highest BCUT2D eigenvalue weighted by atomic mass is 32.1. The second-order valence-corrected chi connectivity index (χ2v) is 9.71. The summed E-state index contributed by atoms with van der Waals surface area (Å²) in [6.45, 7) is 3.79. The summed E-state index contributed by atoms with van der Waals surface area (Å²) in [5.74, 6) is -1.34. The van der Waals surface area contributed by atoms with Crippen LogP contribution in [-0.4, -0.2) is 60.3 Å². The molecule has 0 aliphatic carbocycles. The van der Waals surface area contributed by atoms with Crippen LogP contribution in [0.3, 0.4) is 0 Å². The Morgan fingerprint density at radius 3 is 2.38 bits per heavy atom. The summed E-state index contributed by atoms with van der Waals surface area (Å²) in [6, 6.07) is 8.17. The first kappa shape index (κ1) is 26.6. The Labute approximate surface area is 217 Å². The second kappa shape index (κ2) is 11.3. The van der Waals surface area contributed by atoms with E-state index in [0.29, 0.717) is 52.9 Å². The van der Waals surface area contributed by atoms with Crippen LogP contribution >= 0.6 is 22.7 Å². The van der Waals surface area contributed by atoms with Crippen molar-refractivity contribution in [3.05, 3.63) is 57.1 Å². The fraction of sp³-hybridized carbons (Fsp3) is 0.261. The number of ether oxygens (including phenoxy) is 2. The van der Waals surface area contributed by atoms with Gasteiger partial charge in [0.05, 0.1) is 39.1 Å². The third-order valence-electron chi connectivity index (χ3n) is 5.15. The topological polar surface area (TPSA) is 112 Å². The molecule has 2 amide bonds. The average molecular weight is 555 g/mol. The van der Waals surface area contributed by atoms with Gasteiger partial charge in [-0.1, -0.05) is 0 Å². The van der Waals surface area contributed by atoms with Crippen LogP contribution in [0.5, 0.6) is 11.5 Å². The Morgan fingerprint density at radius 1 is 1.08 bits per heavy atom. The van der Waals surface area contributed by atoms with Crippen LogP contribution in [0.4, 0.5) is 13.2 Å². The van der Waals surface area contributed by atoms with Crippen molar-refractivity contribution < 1.29 is 37.3 Å². The number of benzene rings is 1. The minimum Gasteiger partial charge on any atom is -0.506 e. The van der Waals surface area contributed by atoms with Crippen molar-refractivity contribution in [1.29, 1.82) is 0 Å². The summed E-state index contributed by atoms with van der Waals surface area (Å²) in [4.78, 5) is 26.0. The number of rotatable bonds is 7. The van der Waals surface area contributed by atoms with Crippen molar-refractivity contribution in [1.82, 2.24) is 15.9 Å². The number of aromatic hydroxyl groups is 1. The maximum absolute atomic E-state index is 12.5. The monoisotopic (exact) mass is 554 g/mol. The second-order valence-electron chi connectivity index (χ2n) is 7.74. The van der Waals surface area contributed by atoms with E-state index in [1.807, 2.05) is 0 Å². The molecule has 0 radical (unpaired) electrons. The molecule has 0 bridgehead atoms. The van der Waals surface area contributed by atoms with Gasteiger partial charge in [0.25, 0.3) is 11.8 Å². The number of carbonyl (C=O) groups excluding carboxylic acids is 2. The molecule has 196 valence electrons. The first-order chi connectivity index (χ1) is 17.6. The number of hydrogen-bond donors (Lipinski definition) is 3. The first-order valence-electron chi connectivity index (χ1n) is 10.9. The molecule has 1 aliphatic rings. The van der Waals surface area contributed by atoms with E-state index in [-0.39, 0.29) is 22.3 Å². The van der Waals surface area contributed by atoms with Crippen LogP contribution in [0.25, 0.3) is 10.4 Å². The number of hydrazine groups is 1. The van der Waals surface area contributed by atoms with Crippen LogP contribution in [0.15, 0.2) is 46.9 Å². The van der Waals surface area contributed by atoms with Crippen molar-refractivity contribution in [3.63, 3.8) is 0 Å². The van der Waals surface area contributed by atoms with Crippen molar-refractivity contribution >= 4 is 40.2 Å². The average Bonchev–Trinajstić information content (AvgIpc) is 3.50. The lowest BCUT2D eigenvalue weighted by molar-refractivity contribution is -0.274. The van der Waals surface area contributed by atoms with E-state index in [2.05, 4.69) is 20.7 Å². The quantitative estimate of drug-likeness (QED) is 0.298. The predicted molar refractivity (Wildman–Crippen MR) is 132 cm³/mol. The first-order valence-corrected chi connectivity index (χ1v) is 12.6. The van der Waals surface area contributed by atoms with Crippen molar-refractivity contribution in [2.24, 2.45) is 5.10 Å². The number of nitrogens with zero attached hydrogens (tertiary/aromatic N) is 2. The number of morpholine rings is 1. The van der Waals surface area contributed by atoms with Gasteiger partial charge in [0.2, 0.25) is 0 Å². The molecule has 2 aromatic heterocycles. The van der Waals surface area contributed by atoms with Crippen LogP contribution in [0, 0.1) is 0 Å². The molecule has 14 heteroatoms. The number of thiophene rings is 2. The fourth-order valence-electron chi connectivity index (χ4n) is 3.33. The van der Waals surface area contributed by atoms with Crippen molar-refractivity contribution in [3.8, 4) is 21.9 Å². The molecule has 3 heterocycles. The highest BCUT2D eigenvalue weighted by Gasteiger charge is 2.31. The molecular formula is C23H21F3N4O5S2. The summed E-state index contributed by atoms with van der Waals surface area (Å²) in [7, 11) is 0. The zero-order valence-electron chi connectivity index (χ0n) is 19.3. The number of nitrogens with one attached hydrogen (secondary N) is 2. The molecule has 3 N–H and O–H groups in total. The Kier molecular flexibility index (Phi) is 8.12. The molecule has 0 unspecified atom stereocenters. The zero-order chi connectivity index (χ0) is 26.6. The SMILES string of the molecule is CC(=NNC(=O)c1ccc(C(=O)NN2CCOCC2)s1)c1csc(-c2ccc(OC(F)(F)F)cc2)c1O. The van der Waals surface area contributed by atoms with E-state index in [1.165, 1.54) is 29.5 Å². The number of alkyl halides is 3. The minimum absolute atomic E-state index is 0.122. The molecule has 1 aromatic carbocycles. The van der Waals surface area contributed by atoms with Gasteiger partial charge in [-0.3, -0.25) is 15.0 Å². The van der Waals surface area contributed by atoms with Gasteiger partial charge in [-0.05, 0) is 48.9 Å². The van der Waals surface area contributed by atoms with Gasteiger partial charge in [0, 0.05) is 18.5 Å². The Balaban J connectivity index is 1.38. The molecule has 0 saturated carbocycles. The van der Waals surface area contributed by atoms with E-state index in [0.717, 1.165) is 23.5 Å². The van der Waals surface area contributed by atoms with Crippen LogP contribution in [0.2, 0.25) is 0 Å². The lowest BCUT2D eigenvalue weighted by Crippen LogP contribution is -2.48. The van der Waals surface area contributed by atoms with Gasteiger partial charge in [0.15, 0.2) is 0 Å². The standard InChI is InChI=1S/C23H21F3N4O5S2/c1-13(16-12-36-20(19(16)31)14-2-4-15(5-3-14)35-23(24,25)26)27-28-21(32)17-6-7-18(37-17)22(33)29-30-8-10-34-11-9-30/h2-7,12,31H,8-11H2,1H3,(H,28,32)(H,29,33). The predicted octanol–water partition coefficient (Wildman–Crippen LogP) is 4.21. The molecule has 9 nitrogen and oxygen atoms in total. The lowest BCUT2D eigenvalue weighted by atomic mass is 10.1. The minimum atomic E-state index is -4.79. The number of carbonyl (C=O) groups is 2. The normalized spacial score (nSPS) is 14.9. The van der Waals surface area contributed by atoms with Crippen molar-refractivity contribution in [2.45, 2.75) is 13.3 Å². The zero-order valence-corrected chi connectivity index (χ0v) is 20.9. The molecular weight excluding hydrogens is 533 g/mol. The van der Waals surface area contributed by atoms with Gasteiger partial charge >= 0.3 is 6.36 Å². The molecule has 1 saturated heterocycles. The van der Waals surface area contributed by atoms with Crippen LogP contribution in [0.1, 0.15) is 31.8 Å². The Bertz CT molecular complexity index is 1300. The number of hydrogen-bond acceptors (Lipinski definition) is 9. The Hall–Kier alpha value is -3.46. The number of halogens is 3. The van der Waals surface area contributed by atoms with Gasteiger partial charge < -0.3 is 14.6 Å². The van der Waals surface area contributed by atoms with Gasteiger partial charge in [-0.15, -0.1) is 35.8 Å². The summed E-state index contributed by atoms with van der Waals surface area (Å²) in [6.07, 6.45) is -4.79. The van der Waals surface area contributed by atoms with Crippen LogP contribution in [-0.2, 0) is 4.74 Å². The van der Waals surface area contributed by atoms with E-state index in [9.17, 15) is 27.9 Å². The Morgan fingerprint density at radius 2 is 1.73 bits per heavy atom.